The van der Waals surface area contributed by atoms with Gasteiger partial charge in [0.2, 0.25) is 0 Å². The van der Waals surface area contributed by atoms with Gasteiger partial charge in [0.15, 0.2) is 0 Å². The first kappa shape index (κ1) is 16.5. The highest BCUT2D eigenvalue weighted by Crippen LogP contribution is 2.31. The Balaban J connectivity index is 1.75. The minimum atomic E-state index is 0.0969. The summed E-state index contributed by atoms with van der Waals surface area (Å²) in [6, 6.07) is 10.3. The Kier molecular flexibility index (Phi) is 4.03. The number of carbonyl (C=O) groups is 1. The van der Waals surface area contributed by atoms with Crippen molar-refractivity contribution in [3.8, 4) is 11.3 Å². The lowest BCUT2D eigenvalue weighted by Gasteiger charge is -2.10. The maximum absolute atomic E-state index is 12.0. The minimum absolute atomic E-state index is 0.0969. The van der Waals surface area contributed by atoms with Gasteiger partial charge in [-0.2, -0.15) is 0 Å². The number of carbonyl (C=O) groups excluding carboxylic acids is 1. The number of benzene rings is 1. The zero-order valence-corrected chi connectivity index (χ0v) is 15.1. The van der Waals surface area contributed by atoms with Crippen LogP contribution in [0.15, 0.2) is 43.1 Å². The smallest absolute Gasteiger partial charge is 0.252 e. The van der Waals surface area contributed by atoms with E-state index in [0.717, 1.165) is 51.9 Å². The standard InChI is InChI=1S/C22H21N3O/c1-4-15-6-5-13(2)18(9-15)20-10-17-12-23-21(11-19(17)14(3)24-20)25-22(26)16-7-8-16/h4-6,9-12,16H,1,7-8H2,2-3H3,(H,23,25,26)/p+1. The third kappa shape index (κ3) is 3.10. The van der Waals surface area contributed by atoms with Crippen LogP contribution in [0.2, 0.25) is 0 Å². The van der Waals surface area contributed by atoms with Crippen LogP contribution >= 0.6 is 0 Å². The number of anilines is 1. The Bertz CT molecular complexity index is 1030. The van der Waals surface area contributed by atoms with Crippen molar-refractivity contribution in [2.75, 3.05) is 5.32 Å². The SMILES string of the molecule is C=Cc1ccc(C)c(-c2cc3c[nH+]c(NC(=O)C4CC4)cc3c(C)n2)c1. The number of amides is 1. The van der Waals surface area contributed by atoms with Crippen molar-refractivity contribution < 1.29 is 9.78 Å². The molecule has 0 unspecified atom stereocenters. The molecule has 2 aromatic heterocycles. The third-order valence-corrected chi connectivity index (χ3v) is 4.93. The molecule has 0 spiro atoms. The van der Waals surface area contributed by atoms with Crippen LogP contribution in [0.3, 0.4) is 0 Å². The summed E-state index contributed by atoms with van der Waals surface area (Å²) >= 11 is 0. The topological polar surface area (TPSA) is 56.1 Å². The van der Waals surface area contributed by atoms with Crippen molar-refractivity contribution in [2.45, 2.75) is 26.7 Å². The van der Waals surface area contributed by atoms with Gasteiger partial charge in [0, 0.05) is 28.1 Å². The van der Waals surface area contributed by atoms with E-state index in [1.165, 1.54) is 5.56 Å². The summed E-state index contributed by atoms with van der Waals surface area (Å²) < 4.78 is 0. The fourth-order valence-corrected chi connectivity index (χ4v) is 3.19. The van der Waals surface area contributed by atoms with Crippen molar-refractivity contribution in [3.05, 3.63) is 59.9 Å². The zero-order chi connectivity index (χ0) is 18.3. The number of aromatic nitrogens is 2. The number of hydrogen-bond acceptors (Lipinski definition) is 2. The number of H-pyrrole nitrogens is 1. The van der Waals surface area contributed by atoms with E-state index in [1.807, 2.05) is 25.3 Å². The van der Waals surface area contributed by atoms with Crippen molar-refractivity contribution in [2.24, 2.45) is 5.92 Å². The van der Waals surface area contributed by atoms with Gasteiger partial charge in [0.25, 0.3) is 5.82 Å². The number of aryl methyl sites for hydroxylation is 2. The van der Waals surface area contributed by atoms with Gasteiger partial charge in [-0.15, -0.1) is 0 Å². The fourth-order valence-electron chi connectivity index (χ4n) is 3.19. The zero-order valence-electron chi connectivity index (χ0n) is 15.1. The van der Waals surface area contributed by atoms with E-state index in [2.05, 4.69) is 48.1 Å². The molecule has 3 aromatic rings. The van der Waals surface area contributed by atoms with Gasteiger partial charge in [-0.3, -0.25) is 4.98 Å². The maximum atomic E-state index is 12.0. The van der Waals surface area contributed by atoms with E-state index in [4.69, 9.17) is 4.98 Å². The van der Waals surface area contributed by atoms with Crippen molar-refractivity contribution >= 4 is 28.6 Å². The van der Waals surface area contributed by atoms with E-state index < -0.39 is 0 Å². The molecule has 1 aliphatic carbocycles. The Morgan fingerprint density at radius 3 is 2.81 bits per heavy atom. The molecule has 1 saturated carbocycles. The largest absolute Gasteiger partial charge is 0.310 e. The van der Waals surface area contributed by atoms with E-state index in [9.17, 15) is 4.79 Å². The summed E-state index contributed by atoms with van der Waals surface area (Å²) in [7, 11) is 0. The summed E-state index contributed by atoms with van der Waals surface area (Å²) in [6.45, 7) is 7.95. The van der Waals surface area contributed by atoms with Crippen LogP contribution in [-0.4, -0.2) is 10.9 Å². The first-order valence-electron chi connectivity index (χ1n) is 8.92. The normalized spacial score (nSPS) is 13.6. The van der Waals surface area contributed by atoms with Crippen LogP contribution < -0.4 is 10.3 Å². The molecular formula is C22H22N3O+. The number of pyridine rings is 2. The molecule has 0 bridgehead atoms. The lowest BCUT2D eigenvalue weighted by Crippen LogP contribution is -2.20. The van der Waals surface area contributed by atoms with E-state index in [0.29, 0.717) is 0 Å². The van der Waals surface area contributed by atoms with Gasteiger partial charge < -0.3 is 0 Å². The molecule has 2 heterocycles. The Morgan fingerprint density at radius 1 is 1.27 bits per heavy atom. The van der Waals surface area contributed by atoms with Gasteiger partial charge in [-0.05, 0) is 49.9 Å². The van der Waals surface area contributed by atoms with Crippen LogP contribution in [0.25, 0.3) is 28.1 Å². The van der Waals surface area contributed by atoms with Crippen LogP contribution in [0.4, 0.5) is 5.82 Å². The Morgan fingerprint density at radius 2 is 2.08 bits per heavy atom. The second kappa shape index (κ2) is 6.37. The summed E-state index contributed by atoms with van der Waals surface area (Å²) in [5, 5.41) is 5.07. The van der Waals surface area contributed by atoms with Gasteiger partial charge in [0.1, 0.15) is 0 Å². The molecule has 0 saturated heterocycles. The number of nitrogens with zero attached hydrogens (tertiary/aromatic N) is 1. The molecule has 1 aromatic carbocycles. The second-order valence-electron chi connectivity index (χ2n) is 6.98. The van der Waals surface area contributed by atoms with Crippen LogP contribution in [0.1, 0.15) is 29.7 Å². The van der Waals surface area contributed by atoms with Crippen LogP contribution in [-0.2, 0) is 4.79 Å². The van der Waals surface area contributed by atoms with Gasteiger partial charge in [-0.1, -0.05) is 24.8 Å². The summed E-state index contributed by atoms with van der Waals surface area (Å²) in [5.74, 6) is 0.998. The Hall–Kier alpha value is -3.01. The first-order chi connectivity index (χ1) is 12.5. The lowest BCUT2D eigenvalue weighted by molar-refractivity contribution is -0.358. The minimum Gasteiger partial charge on any atom is -0.252 e. The molecule has 26 heavy (non-hydrogen) atoms. The fraction of sp³-hybridized carbons (Fsp3) is 0.227. The first-order valence-corrected chi connectivity index (χ1v) is 8.92. The lowest BCUT2D eigenvalue weighted by atomic mass is 10.00. The molecule has 4 nitrogen and oxygen atoms in total. The molecule has 1 fully saturated rings. The quantitative estimate of drug-likeness (QED) is 0.766. The summed E-state index contributed by atoms with van der Waals surface area (Å²) in [4.78, 5) is 20.0. The van der Waals surface area contributed by atoms with Gasteiger partial charge in [0.05, 0.1) is 17.8 Å². The molecule has 130 valence electrons. The van der Waals surface area contributed by atoms with Crippen molar-refractivity contribution in [3.63, 3.8) is 0 Å². The predicted molar refractivity (Wildman–Crippen MR) is 105 cm³/mol. The molecule has 0 radical (unpaired) electrons. The molecule has 1 aliphatic rings. The second-order valence-corrected chi connectivity index (χ2v) is 6.98. The van der Waals surface area contributed by atoms with E-state index in [-0.39, 0.29) is 11.8 Å². The molecule has 0 atom stereocenters. The molecule has 4 heteroatoms. The van der Waals surface area contributed by atoms with E-state index in [1.54, 1.807) is 0 Å². The number of hydrogen-bond donors (Lipinski definition) is 1. The number of rotatable bonds is 4. The number of aromatic amines is 1. The molecule has 2 N–H and O–H groups in total. The van der Waals surface area contributed by atoms with Crippen molar-refractivity contribution in [1.29, 1.82) is 0 Å². The summed E-state index contributed by atoms with van der Waals surface area (Å²) in [6.07, 6.45) is 5.77. The summed E-state index contributed by atoms with van der Waals surface area (Å²) in [5.41, 5.74) is 5.25. The van der Waals surface area contributed by atoms with E-state index >= 15 is 0 Å². The number of nitrogens with one attached hydrogen (secondary N) is 2. The van der Waals surface area contributed by atoms with Gasteiger partial charge in [-0.25, -0.2) is 15.1 Å². The molecular weight excluding hydrogens is 322 g/mol. The average Bonchev–Trinajstić information content (AvgIpc) is 3.48. The highest BCUT2D eigenvalue weighted by Gasteiger charge is 2.33. The molecule has 4 rings (SSSR count). The Labute approximate surface area is 153 Å². The predicted octanol–water partition coefficient (Wildman–Crippen LogP) is 4.32. The van der Waals surface area contributed by atoms with Gasteiger partial charge >= 0.3 is 5.91 Å². The molecule has 1 amide bonds. The molecule has 0 aliphatic heterocycles. The average molecular weight is 344 g/mol. The third-order valence-electron chi connectivity index (χ3n) is 4.93. The van der Waals surface area contributed by atoms with Crippen LogP contribution in [0, 0.1) is 19.8 Å². The highest BCUT2D eigenvalue weighted by molar-refractivity contribution is 5.95. The maximum Gasteiger partial charge on any atom is 0.310 e. The van der Waals surface area contributed by atoms with Crippen LogP contribution in [0.5, 0.6) is 0 Å². The highest BCUT2D eigenvalue weighted by atomic mass is 16.2. The van der Waals surface area contributed by atoms with Crippen molar-refractivity contribution in [1.82, 2.24) is 4.98 Å². The number of fused-ring (bicyclic) bond motifs is 1. The monoisotopic (exact) mass is 344 g/mol.